The monoisotopic (exact) mass is 363 g/mol. The summed E-state index contributed by atoms with van der Waals surface area (Å²) in [4.78, 5) is 0.252. The molecule has 6 heteroatoms. The Kier molecular flexibility index (Phi) is 6.45. The molecular formula is C19H25NO4S. The molecule has 0 saturated heterocycles. The highest BCUT2D eigenvalue weighted by atomic mass is 32.2. The number of benzene rings is 2. The van der Waals surface area contributed by atoms with E-state index < -0.39 is 10.0 Å². The second kappa shape index (κ2) is 8.36. The third-order valence-electron chi connectivity index (χ3n) is 3.73. The molecular weight excluding hydrogens is 338 g/mol. The van der Waals surface area contributed by atoms with E-state index in [1.165, 1.54) is 4.31 Å². The molecule has 0 bridgehead atoms. The normalized spacial score (nSPS) is 11.6. The smallest absolute Gasteiger partial charge is 0.264 e. The highest BCUT2D eigenvalue weighted by molar-refractivity contribution is 7.92. The molecule has 0 fully saturated rings. The summed E-state index contributed by atoms with van der Waals surface area (Å²) in [7, 11) is -2.06. The zero-order valence-electron chi connectivity index (χ0n) is 15.1. The Hall–Kier alpha value is -2.05. The predicted octanol–water partition coefficient (Wildman–Crippen LogP) is 3.62. The summed E-state index contributed by atoms with van der Waals surface area (Å²) in [5.74, 6) is 0.659. The molecule has 0 N–H and O–H groups in total. The third kappa shape index (κ3) is 4.52. The van der Waals surface area contributed by atoms with Crippen molar-refractivity contribution in [2.24, 2.45) is 0 Å². The van der Waals surface area contributed by atoms with Gasteiger partial charge in [0, 0.05) is 13.2 Å². The first-order valence-electron chi connectivity index (χ1n) is 8.19. The van der Waals surface area contributed by atoms with Crippen molar-refractivity contribution in [1.82, 2.24) is 0 Å². The van der Waals surface area contributed by atoms with E-state index in [1.807, 2.05) is 39.0 Å². The summed E-state index contributed by atoms with van der Waals surface area (Å²) >= 11 is 0. The van der Waals surface area contributed by atoms with Crippen LogP contribution >= 0.6 is 0 Å². The van der Waals surface area contributed by atoms with Crippen LogP contribution in [-0.4, -0.2) is 34.8 Å². The molecule has 0 spiro atoms. The minimum atomic E-state index is -3.66. The quantitative estimate of drug-likeness (QED) is 0.672. The number of aryl methyl sites for hydroxylation is 1. The second-order valence-electron chi connectivity index (χ2n) is 6.00. The van der Waals surface area contributed by atoms with Gasteiger partial charge in [0.1, 0.15) is 12.4 Å². The molecule has 0 radical (unpaired) electrons. The maximum absolute atomic E-state index is 13.2. The van der Waals surface area contributed by atoms with Gasteiger partial charge in [0.15, 0.2) is 0 Å². The van der Waals surface area contributed by atoms with Crippen LogP contribution in [0.2, 0.25) is 0 Å². The van der Waals surface area contributed by atoms with Gasteiger partial charge in [0.25, 0.3) is 10.0 Å². The Bertz CT molecular complexity index is 788. The van der Waals surface area contributed by atoms with E-state index in [0.29, 0.717) is 24.7 Å². The van der Waals surface area contributed by atoms with Gasteiger partial charge in [-0.3, -0.25) is 4.31 Å². The van der Waals surface area contributed by atoms with Crippen LogP contribution in [0, 0.1) is 6.92 Å². The molecule has 136 valence electrons. The van der Waals surface area contributed by atoms with Crippen LogP contribution in [0.3, 0.4) is 0 Å². The number of nitrogens with zero attached hydrogens (tertiary/aromatic N) is 1. The molecule has 0 amide bonds. The fraction of sp³-hybridized carbons (Fsp3) is 0.368. The van der Waals surface area contributed by atoms with Gasteiger partial charge in [-0.05, 0) is 56.7 Å². The standard InChI is InChI=1S/C19H25NO4S/c1-15(2)20(17-8-6-5-7-9-17)25(21,22)18-10-11-19(16(3)14-18)24-13-12-23-4/h5-11,14-15H,12-13H2,1-4H3. The van der Waals surface area contributed by atoms with E-state index in [1.54, 1.807) is 37.4 Å². The molecule has 5 nitrogen and oxygen atoms in total. The summed E-state index contributed by atoms with van der Waals surface area (Å²) in [6.07, 6.45) is 0. The van der Waals surface area contributed by atoms with E-state index in [4.69, 9.17) is 9.47 Å². The first-order chi connectivity index (χ1) is 11.9. The lowest BCUT2D eigenvalue weighted by Crippen LogP contribution is -2.37. The number of hydrogen-bond acceptors (Lipinski definition) is 4. The van der Waals surface area contributed by atoms with Crippen molar-refractivity contribution in [3.63, 3.8) is 0 Å². The lowest BCUT2D eigenvalue weighted by atomic mass is 10.2. The number of para-hydroxylation sites is 1. The highest BCUT2D eigenvalue weighted by Gasteiger charge is 2.27. The summed E-state index contributed by atoms with van der Waals surface area (Å²) in [5.41, 5.74) is 1.42. The van der Waals surface area contributed by atoms with Gasteiger partial charge in [0.2, 0.25) is 0 Å². The summed E-state index contributed by atoms with van der Waals surface area (Å²) in [6.45, 7) is 6.46. The average molecular weight is 363 g/mol. The van der Waals surface area contributed by atoms with Crippen molar-refractivity contribution in [2.75, 3.05) is 24.6 Å². The Morgan fingerprint density at radius 1 is 1.04 bits per heavy atom. The van der Waals surface area contributed by atoms with E-state index >= 15 is 0 Å². The summed E-state index contributed by atoms with van der Waals surface area (Å²) in [6, 6.07) is 13.9. The van der Waals surface area contributed by atoms with Gasteiger partial charge in [-0.1, -0.05) is 18.2 Å². The first kappa shape index (κ1) is 19.3. The minimum Gasteiger partial charge on any atom is -0.491 e. The van der Waals surface area contributed by atoms with E-state index in [2.05, 4.69) is 0 Å². The molecule has 0 heterocycles. The number of rotatable bonds is 8. The molecule has 0 aliphatic heterocycles. The highest BCUT2D eigenvalue weighted by Crippen LogP contribution is 2.28. The summed E-state index contributed by atoms with van der Waals surface area (Å²) < 4.78 is 38.3. The predicted molar refractivity (Wildman–Crippen MR) is 99.8 cm³/mol. The number of ether oxygens (including phenoxy) is 2. The van der Waals surface area contributed by atoms with Gasteiger partial charge in [-0.25, -0.2) is 8.42 Å². The van der Waals surface area contributed by atoms with Crippen LogP contribution < -0.4 is 9.04 Å². The van der Waals surface area contributed by atoms with Crippen molar-refractivity contribution in [2.45, 2.75) is 31.7 Å². The number of anilines is 1. The third-order valence-corrected chi connectivity index (χ3v) is 5.73. The van der Waals surface area contributed by atoms with Gasteiger partial charge in [0.05, 0.1) is 17.2 Å². The van der Waals surface area contributed by atoms with E-state index in [-0.39, 0.29) is 10.9 Å². The maximum atomic E-state index is 13.2. The van der Waals surface area contributed by atoms with Crippen molar-refractivity contribution in [3.05, 3.63) is 54.1 Å². The molecule has 0 aliphatic carbocycles. The molecule has 0 aliphatic rings. The molecule has 2 aromatic rings. The molecule has 0 saturated carbocycles. The minimum absolute atomic E-state index is 0.203. The fourth-order valence-corrected chi connectivity index (χ4v) is 4.33. The van der Waals surface area contributed by atoms with Crippen LogP contribution in [-0.2, 0) is 14.8 Å². The van der Waals surface area contributed by atoms with Crippen molar-refractivity contribution >= 4 is 15.7 Å². The number of methoxy groups -OCH3 is 1. The Balaban J connectivity index is 2.36. The Morgan fingerprint density at radius 3 is 2.28 bits per heavy atom. The maximum Gasteiger partial charge on any atom is 0.264 e. The van der Waals surface area contributed by atoms with Crippen molar-refractivity contribution in [1.29, 1.82) is 0 Å². The van der Waals surface area contributed by atoms with Gasteiger partial charge in [-0.15, -0.1) is 0 Å². The molecule has 25 heavy (non-hydrogen) atoms. The zero-order chi connectivity index (χ0) is 18.4. The van der Waals surface area contributed by atoms with E-state index in [0.717, 1.165) is 5.56 Å². The number of hydrogen-bond donors (Lipinski definition) is 0. The van der Waals surface area contributed by atoms with Gasteiger partial charge in [-0.2, -0.15) is 0 Å². The molecule has 0 atom stereocenters. The lowest BCUT2D eigenvalue weighted by Gasteiger charge is -2.28. The van der Waals surface area contributed by atoms with Crippen LogP contribution in [0.15, 0.2) is 53.4 Å². The molecule has 2 rings (SSSR count). The van der Waals surface area contributed by atoms with Crippen LogP contribution in [0.25, 0.3) is 0 Å². The van der Waals surface area contributed by atoms with Crippen LogP contribution in [0.1, 0.15) is 19.4 Å². The van der Waals surface area contributed by atoms with E-state index in [9.17, 15) is 8.42 Å². The Morgan fingerprint density at radius 2 is 1.72 bits per heavy atom. The molecule has 0 aromatic heterocycles. The lowest BCUT2D eigenvalue weighted by molar-refractivity contribution is 0.146. The molecule has 0 unspecified atom stereocenters. The topological polar surface area (TPSA) is 55.8 Å². The number of sulfonamides is 1. The SMILES string of the molecule is COCCOc1ccc(S(=O)(=O)N(c2ccccc2)C(C)C)cc1C. The molecule has 2 aromatic carbocycles. The van der Waals surface area contributed by atoms with Crippen molar-refractivity contribution in [3.8, 4) is 5.75 Å². The van der Waals surface area contributed by atoms with Crippen LogP contribution in [0.5, 0.6) is 5.75 Å². The van der Waals surface area contributed by atoms with Gasteiger partial charge >= 0.3 is 0 Å². The largest absolute Gasteiger partial charge is 0.491 e. The average Bonchev–Trinajstić information content (AvgIpc) is 2.57. The zero-order valence-corrected chi connectivity index (χ0v) is 15.9. The Labute approximate surface area is 150 Å². The fourth-order valence-electron chi connectivity index (χ4n) is 2.58. The van der Waals surface area contributed by atoms with Gasteiger partial charge < -0.3 is 9.47 Å². The van der Waals surface area contributed by atoms with Crippen LogP contribution in [0.4, 0.5) is 5.69 Å². The van der Waals surface area contributed by atoms with Crippen molar-refractivity contribution < 1.29 is 17.9 Å². The first-order valence-corrected chi connectivity index (χ1v) is 9.64. The second-order valence-corrected chi connectivity index (χ2v) is 7.81. The summed E-state index contributed by atoms with van der Waals surface area (Å²) in [5, 5.41) is 0.